The third kappa shape index (κ3) is 5.46. The predicted octanol–water partition coefficient (Wildman–Crippen LogP) is 4.00. The predicted molar refractivity (Wildman–Crippen MR) is 95.8 cm³/mol. The van der Waals surface area contributed by atoms with Crippen molar-refractivity contribution in [2.75, 3.05) is 13.2 Å². The van der Waals surface area contributed by atoms with Crippen molar-refractivity contribution in [2.45, 2.75) is 26.4 Å². The maximum Gasteiger partial charge on any atom is 0.261 e. The summed E-state index contributed by atoms with van der Waals surface area (Å²) in [6.07, 6.45) is 0.0831. The average molecular weight is 348 g/mol. The molecule has 2 aromatic carbocycles. The molecule has 0 heterocycles. The molecule has 0 aliphatic carbocycles. The molecule has 0 unspecified atom stereocenters. The van der Waals surface area contributed by atoms with Crippen molar-refractivity contribution in [1.82, 2.24) is 5.32 Å². The molecule has 1 N–H and O–H groups in total. The van der Waals surface area contributed by atoms with Crippen LogP contribution < -0.4 is 14.8 Å². The summed E-state index contributed by atoms with van der Waals surface area (Å²) in [4.78, 5) is 12.2. The Hall–Kier alpha value is -2.20. The van der Waals surface area contributed by atoms with Crippen LogP contribution in [0.5, 0.6) is 11.5 Å². The highest BCUT2D eigenvalue weighted by Crippen LogP contribution is 2.19. The first kappa shape index (κ1) is 18.1. The molecule has 2 rings (SSSR count). The summed E-state index contributed by atoms with van der Waals surface area (Å²) in [6, 6.07) is 14.8. The second kappa shape index (κ2) is 9.18. The average Bonchev–Trinajstić information content (AvgIpc) is 2.59. The summed E-state index contributed by atoms with van der Waals surface area (Å²) in [6.45, 7) is 4.68. The van der Waals surface area contributed by atoms with Gasteiger partial charge in [-0.3, -0.25) is 4.79 Å². The highest BCUT2D eigenvalue weighted by atomic mass is 35.5. The summed E-state index contributed by atoms with van der Waals surface area (Å²) in [7, 11) is 0. The summed E-state index contributed by atoms with van der Waals surface area (Å²) in [5, 5.41) is 3.50. The molecule has 0 bridgehead atoms. The van der Waals surface area contributed by atoms with E-state index in [0.29, 0.717) is 24.6 Å². The van der Waals surface area contributed by atoms with E-state index in [1.165, 1.54) is 0 Å². The number of ether oxygens (including phenoxy) is 2. The van der Waals surface area contributed by atoms with Crippen molar-refractivity contribution < 1.29 is 14.3 Å². The number of amides is 1. The molecule has 5 heteroatoms. The number of para-hydroxylation sites is 1. The van der Waals surface area contributed by atoms with E-state index in [-0.39, 0.29) is 5.91 Å². The number of halogens is 1. The van der Waals surface area contributed by atoms with Crippen molar-refractivity contribution in [1.29, 1.82) is 0 Å². The zero-order valence-electron chi connectivity index (χ0n) is 13.9. The van der Waals surface area contributed by atoms with Crippen LogP contribution in [0, 0.1) is 6.92 Å². The Morgan fingerprint density at radius 1 is 1.17 bits per heavy atom. The summed E-state index contributed by atoms with van der Waals surface area (Å²) in [5.41, 5.74) is 1.01. The second-order valence-electron chi connectivity index (χ2n) is 5.37. The van der Waals surface area contributed by atoms with Gasteiger partial charge >= 0.3 is 0 Å². The Balaban J connectivity index is 1.77. The van der Waals surface area contributed by atoms with Gasteiger partial charge in [-0.05, 0) is 49.2 Å². The molecule has 0 aliphatic heterocycles. The largest absolute Gasteiger partial charge is 0.492 e. The Labute approximate surface area is 147 Å². The van der Waals surface area contributed by atoms with E-state index in [0.717, 1.165) is 17.1 Å². The highest BCUT2D eigenvalue weighted by Gasteiger charge is 2.18. The van der Waals surface area contributed by atoms with Crippen molar-refractivity contribution in [3.63, 3.8) is 0 Å². The van der Waals surface area contributed by atoms with Gasteiger partial charge in [-0.25, -0.2) is 0 Å². The van der Waals surface area contributed by atoms with Crippen molar-refractivity contribution in [3.05, 3.63) is 59.1 Å². The zero-order chi connectivity index (χ0) is 17.4. The van der Waals surface area contributed by atoms with Crippen LogP contribution in [0.3, 0.4) is 0 Å². The molecule has 1 amide bonds. The van der Waals surface area contributed by atoms with E-state index >= 15 is 0 Å². The van der Waals surface area contributed by atoms with Crippen LogP contribution in [-0.2, 0) is 4.79 Å². The van der Waals surface area contributed by atoms with E-state index in [4.69, 9.17) is 21.1 Å². The number of hydrogen-bond donors (Lipinski definition) is 1. The van der Waals surface area contributed by atoms with Crippen molar-refractivity contribution in [3.8, 4) is 11.5 Å². The van der Waals surface area contributed by atoms with Crippen LogP contribution in [-0.4, -0.2) is 25.2 Å². The van der Waals surface area contributed by atoms with Gasteiger partial charge in [-0.15, -0.1) is 0 Å². The molecule has 0 spiro atoms. The van der Waals surface area contributed by atoms with Gasteiger partial charge < -0.3 is 14.8 Å². The maximum absolute atomic E-state index is 12.2. The Morgan fingerprint density at radius 3 is 2.54 bits per heavy atom. The third-order valence-corrected chi connectivity index (χ3v) is 3.76. The minimum atomic E-state index is -0.512. The highest BCUT2D eigenvalue weighted by molar-refractivity contribution is 6.30. The lowest BCUT2D eigenvalue weighted by Crippen LogP contribution is -2.39. The molecular formula is C19H22ClNO3. The van der Waals surface area contributed by atoms with Crippen LogP contribution in [0.1, 0.15) is 18.9 Å². The molecule has 4 nitrogen and oxygen atoms in total. The first-order valence-electron chi connectivity index (χ1n) is 7.98. The number of carbonyl (C=O) groups is 1. The van der Waals surface area contributed by atoms with Crippen LogP contribution in [0.2, 0.25) is 5.02 Å². The second-order valence-corrected chi connectivity index (χ2v) is 5.81. The molecule has 2 aromatic rings. The molecule has 128 valence electrons. The minimum Gasteiger partial charge on any atom is -0.492 e. The van der Waals surface area contributed by atoms with Crippen LogP contribution >= 0.6 is 11.6 Å². The molecule has 0 aromatic heterocycles. The maximum atomic E-state index is 12.2. The summed E-state index contributed by atoms with van der Waals surface area (Å²) >= 11 is 5.82. The SMILES string of the molecule is CC[C@@H](Oc1ccccc1C)C(=O)NCCOc1ccc(Cl)cc1. The normalized spacial score (nSPS) is 11.6. The lowest BCUT2D eigenvalue weighted by molar-refractivity contribution is -0.128. The molecule has 0 fully saturated rings. The van der Waals surface area contributed by atoms with Gasteiger partial charge in [-0.1, -0.05) is 36.7 Å². The van der Waals surface area contributed by atoms with Gasteiger partial charge in [0.1, 0.15) is 18.1 Å². The quantitative estimate of drug-likeness (QED) is 0.734. The number of benzene rings is 2. The molecule has 0 radical (unpaired) electrons. The van der Waals surface area contributed by atoms with Gasteiger partial charge in [0.25, 0.3) is 5.91 Å². The third-order valence-electron chi connectivity index (χ3n) is 3.51. The molecule has 0 saturated heterocycles. The summed E-state index contributed by atoms with van der Waals surface area (Å²) < 4.78 is 11.4. The van der Waals surface area contributed by atoms with Crippen LogP contribution in [0.15, 0.2) is 48.5 Å². The fourth-order valence-electron chi connectivity index (χ4n) is 2.15. The molecule has 1 atom stereocenters. The van der Waals surface area contributed by atoms with Gasteiger partial charge in [0, 0.05) is 5.02 Å². The lowest BCUT2D eigenvalue weighted by atomic mass is 10.2. The number of hydrogen-bond acceptors (Lipinski definition) is 3. The number of rotatable bonds is 8. The fraction of sp³-hybridized carbons (Fsp3) is 0.316. The van der Waals surface area contributed by atoms with Crippen LogP contribution in [0.25, 0.3) is 0 Å². The smallest absolute Gasteiger partial charge is 0.261 e. The first-order chi connectivity index (χ1) is 11.6. The van der Waals surface area contributed by atoms with E-state index in [1.54, 1.807) is 24.3 Å². The minimum absolute atomic E-state index is 0.138. The summed E-state index contributed by atoms with van der Waals surface area (Å²) in [5.74, 6) is 1.31. The van der Waals surface area contributed by atoms with Crippen molar-refractivity contribution >= 4 is 17.5 Å². The van der Waals surface area contributed by atoms with Gasteiger partial charge in [0.05, 0.1) is 6.54 Å². The van der Waals surface area contributed by atoms with Crippen molar-refractivity contribution in [2.24, 2.45) is 0 Å². The van der Waals surface area contributed by atoms with Gasteiger partial charge in [0.2, 0.25) is 0 Å². The van der Waals surface area contributed by atoms with E-state index in [2.05, 4.69) is 5.32 Å². The molecule has 24 heavy (non-hydrogen) atoms. The number of carbonyl (C=O) groups excluding carboxylic acids is 1. The van der Waals surface area contributed by atoms with E-state index in [1.807, 2.05) is 38.1 Å². The lowest BCUT2D eigenvalue weighted by Gasteiger charge is -2.18. The number of aryl methyl sites for hydroxylation is 1. The van der Waals surface area contributed by atoms with Gasteiger partial charge in [-0.2, -0.15) is 0 Å². The standard InChI is InChI=1S/C19H22ClNO3/c1-3-17(24-18-7-5-4-6-14(18)2)19(22)21-12-13-23-16-10-8-15(20)9-11-16/h4-11,17H,3,12-13H2,1-2H3,(H,21,22)/t17-/m1/s1. The fourth-order valence-corrected chi connectivity index (χ4v) is 2.28. The Bertz CT molecular complexity index is 658. The zero-order valence-corrected chi connectivity index (χ0v) is 14.7. The molecule has 0 aliphatic rings. The number of nitrogens with one attached hydrogen (secondary N) is 1. The topological polar surface area (TPSA) is 47.6 Å². The van der Waals surface area contributed by atoms with E-state index < -0.39 is 6.10 Å². The Morgan fingerprint density at radius 2 is 1.88 bits per heavy atom. The van der Waals surface area contributed by atoms with Gasteiger partial charge in [0.15, 0.2) is 6.10 Å². The van der Waals surface area contributed by atoms with E-state index in [9.17, 15) is 4.79 Å². The Kier molecular flexibility index (Phi) is 6.94. The monoisotopic (exact) mass is 347 g/mol. The molecular weight excluding hydrogens is 326 g/mol. The molecule has 0 saturated carbocycles. The first-order valence-corrected chi connectivity index (χ1v) is 8.36. The van der Waals surface area contributed by atoms with Crippen LogP contribution in [0.4, 0.5) is 0 Å².